The third-order valence-electron chi connectivity index (χ3n) is 4.79. The number of Topliss-reactive ketones (excluding diaryl/α,β-unsaturated/α-hetero) is 1. The Hall–Kier alpha value is -2.51. The second-order valence-corrected chi connectivity index (χ2v) is 9.34. The highest BCUT2D eigenvalue weighted by atomic mass is 32.2. The molecule has 2 aromatic rings. The molecule has 1 unspecified atom stereocenters. The fourth-order valence-electron chi connectivity index (χ4n) is 3.35. The molecule has 7 heteroatoms. The van der Waals surface area contributed by atoms with Crippen molar-refractivity contribution < 1.29 is 14.7 Å². The van der Waals surface area contributed by atoms with E-state index in [2.05, 4.69) is 4.99 Å². The summed E-state index contributed by atoms with van der Waals surface area (Å²) in [6, 6.07) is 13.0. The molecule has 0 spiro atoms. The van der Waals surface area contributed by atoms with Crippen LogP contribution in [0.5, 0.6) is 5.75 Å². The Morgan fingerprint density at radius 2 is 1.93 bits per heavy atom. The number of phenolic OH excluding ortho intramolecular Hbond substituents is 1. The number of carbonyl (C=O) groups is 2. The smallest absolute Gasteiger partial charge is 0.243 e. The van der Waals surface area contributed by atoms with Crippen LogP contribution in [0.4, 0.5) is 5.69 Å². The van der Waals surface area contributed by atoms with E-state index in [0.717, 1.165) is 27.9 Å². The van der Waals surface area contributed by atoms with E-state index in [-0.39, 0.29) is 21.9 Å². The second kappa shape index (κ2) is 8.08. The number of nitrogens with zero attached hydrogens (tertiary/aromatic N) is 2. The molecule has 0 radical (unpaired) electrons. The minimum absolute atomic E-state index is 0.00299. The average molecular weight is 425 g/mol. The Morgan fingerprint density at radius 1 is 1.17 bits per heavy atom. The van der Waals surface area contributed by atoms with Crippen molar-refractivity contribution in [1.82, 2.24) is 0 Å². The molecule has 4 rings (SSSR count). The summed E-state index contributed by atoms with van der Waals surface area (Å²) in [5.41, 5.74) is 2.68. The summed E-state index contributed by atoms with van der Waals surface area (Å²) in [6.45, 7) is 0. The summed E-state index contributed by atoms with van der Waals surface area (Å²) in [7, 11) is 3.83. The van der Waals surface area contributed by atoms with Crippen molar-refractivity contribution in [3.8, 4) is 5.75 Å². The number of anilines is 1. The molecule has 5 nitrogen and oxygen atoms in total. The third-order valence-corrected chi connectivity index (χ3v) is 7.04. The van der Waals surface area contributed by atoms with E-state index in [1.165, 1.54) is 0 Å². The van der Waals surface area contributed by atoms with Gasteiger partial charge in [0.15, 0.2) is 5.78 Å². The number of hydrogen-bond acceptors (Lipinski definition) is 7. The number of fused-ring (bicyclic) bond motifs is 1. The highest BCUT2D eigenvalue weighted by Gasteiger charge is 2.31. The van der Waals surface area contributed by atoms with Crippen molar-refractivity contribution in [2.24, 2.45) is 4.99 Å². The van der Waals surface area contributed by atoms with Gasteiger partial charge in [-0.1, -0.05) is 36.4 Å². The number of ketones is 1. The highest BCUT2D eigenvalue weighted by Crippen LogP contribution is 2.45. The zero-order valence-corrected chi connectivity index (χ0v) is 17.7. The molecule has 1 atom stereocenters. The summed E-state index contributed by atoms with van der Waals surface area (Å²) in [4.78, 5) is 32.3. The average Bonchev–Trinajstić information content (AvgIpc) is 3.07. The van der Waals surface area contributed by atoms with Crippen LogP contribution < -0.4 is 4.90 Å². The Bertz CT molecular complexity index is 1050. The fourth-order valence-corrected chi connectivity index (χ4v) is 5.62. The lowest BCUT2D eigenvalue weighted by molar-refractivity contribution is -0.107. The number of aromatic hydroxyl groups is 1. The number of hydrogen-bond donors (Lipinski definition) is 1. The molecule has 0 aromatic heterocycles. The van der Waals surface area contributed by atoms with Gasteiger partial charge in [0.25, 0.3) is 0 Å². The van der Waals surface area contributed by atoms with Crippen molar-refractivity contribution in [1.29, 1.82) is 0 Å². The first kappa shape index (κ1) is 19.8. The molecule has 0 saturated carbocycles. The number of aliphatic imine (C=N–C) groups is 1. The monoisotopic (exact) mass is 424 g/mol. The van der Waals surface area contributed by atoms with Gasteiger partial charge in [-0.3, -0.25) is 9.59 Å². The lowest BCUT2D eigenvalue weighted by Gasteiger charge is -2.27. The lowest BCUT2D eigenvalue weighted by atomic mass is 10.0. The highest BCUT2D eigenvalue weighted by molar-refractivity contribution is 8.27. The largest absolute Gasteiger partial charge is 0.507 e. The van der Waals surface area contributed by atoms with E-state index in [1.54, 1.807) is 17.8 Å². The maximum atomic E-state index is 12.7. The fraction of sp³-hybridized carbons (Fsp3) is 0.227. The predicted octanol–water partition coefficient (Wildman–Crippen LogP) is 4.50. The Morgan fingerprint density at radius 3 is 2.66 bits per heavy atom. The summed E-state index contributed by atoms with van der Waals surface area (Å²) in [5.74, 6) is -0.0386. The van der Waals surface area contributed by atoms with Crippen LogP contribution in [0, 0.1) is 0 Å². The standard InChI is InChI=1S/C22H20N2O3S2/c1-24(2)16-10-11-17(25)19-18(26)12-14(28-20(16)19)8-9-15-22(27)29-21(23-15)13-6-4-3-5-7-13/h3-7,9-11,14,25H,8,12H2,1-2H3. The van der Waals surface area contributed by atoms with Crippen molar-refractivity contribution in [2.45, 2.75) is 23.0 Å². The molecule has 1 N–H and O–H groups in total. The van der Waals surface area contributed by atoms with Crippen molar-refractivity contribution in [2.75, 3.05) is 19.0 Å². The van der Waals surface area contributed by atoms with Gasteiger partial charge < -0.3 is 10.0 Å². The molecule has 0 saturated heterocycles. The number of carbonyl (C=O) groups excluding carboxylic acids is 2. The molecular weight excluding hydrogens is 404 g/mol. The van der Waals surface area contributed by atoms with E-state index >= 15 is 0 Å². The molecule has 2 aromatic carbocycles. The topological polar surface area (TPSA) is 70.0 Å². The van der Waals surface area contributed by atoms with Crippen LogP contribution in [-0.2, 0) is 4.79 Å². The van der Waals surface area contributed by atoms with Crippen molar-refractivity contribution in [3.05, 3.63) is 65.4 Å². The lowest BCUT2D eigenvalue weighted by Crippen LogP contribution is -2.20. The van der Waals surface area contributed by atoms with Crippen LogP contribution in [0.2, 0.25) is 0 Å². The summed E-state index contributed by atoms with van der Waals surface area (Å²) < 4.78 is 0. The van der Waals surface area contributed by atoms with Crippen LogP contribution in [-0.4, -0.2) is 40.4 Å². The van der Waals surface area contributed by atoms with Crippen LogP contribution in [0.1, 0.15) is 28.8 Å². The Balaban J connectivity index is 1.56. The van der Waals surface area contributed by atoms with Gasteiger partial charge in [0.1, 0.15) is 16.5 Å². The van der Waals surface area contributed by atoms with E-state index in [0.29, 0.717) is 29.1 Å². The number of thioether (sulfide) groups is 2. The molecule has 29 heavy (non-hydrogen) atoms. The normalized spacial score (nSPS) is 20.0. The molecule has 0 bridgehead atoms. The molecule has 2 aliphatic rings. The molecule has 0 aliphatic carbocycles. The van der Waals surface area contributed by atoms with Gasteiger partial charge >= 0.3 is 0 Å². The van der Waals surface area contributed by atoms with Crippen molar-refractivity contribution in [3.63, 3.8) is 0 Å². The van der Waals surface area contributed by atoms with Gasteiger partial charge in [-0.2, -0.15) is 0 Å². The first-order valence-electron chi connectivity index (χ1n) is 9.23. The van der Waals surface area contributed by atoms with Gasteiger partial charge in [-0.05, 0) is 30.3 Å². The molecule has 0 fully saturated rings. The second-order valence-electron chi connectivity index (χ2n) is 7.07. The summed E-state index contributed by atoms with van der Waals surface area (Å²) >= 11 is 2.72. The molecule has 148 valence electrons. The van der Waals surface area contributed by atoms with Gasteiger partial charge in [0.05, 0.1) is 11.3 Å². The van der Waals surface area contributed by atoms with E-state index in [1.807, 2.05) is 61.5 Å². The molecule has 2 heterocycles. The van der Waals surface area contributed by atoms with Gasteiger partial charge in [0, 0.05) is 36.2 Å². The zero-order valence-electron chi connectivity index (χ0n) is 16.1. The van der Waals surface area contributed by atoms with E-state index < -0.39 is 0 Å². The predicted molar refractivity (Wildman–Crippen MR) is 119 cm³/mol. The molecular formula is C22H20N2O3S2. The van der Waals surface area contributed by atoms with Gasteiger partial charge in [0.2, 0.25) is 5.12 Å². The van der Waals surface area contributed by atoms with Gasteiger partial charge in [-0.15, -0.1) is 11.8 Å². The van der Waals surface area contributed by atoms with Crippen LogP contribution in [0.3, 0.4) is 0 Å². The minimum Gasteiger partial charge on any atom is -0.507 e. The van der Waals surface area contributed by atoms with Crippen LogP contribution in [0.25, 0.3) is 0 Å². The quantitative estimate of drug-likeness (QED) is 0.729. The number of allylic oxidation sites excluding steroid dienone is 1. The number of benzene rings is 2. The molecule has 0 amide bonds. The van der Waals surface area contributed by atoms with Crippen LogP contribution >= 0.6 is 23.5 Å². The SMILES string of the molecule is CN(C)c1ccc(O)c2c1SC(CC=C1N=C(c3ccccc3)SC1=O)CC2=O. The Kier molecular flexibility index (Phi) is 5.52. The minimum atomic E-state index is -0.0667. The number of rotatable bonds is 4. The first-order chi connectivity index (χ1) is 13.9. The van der Waals surface area contributed by atoms with E-state index in [9.17, 15) is 14.7 Å². The zero-order chi connectivity index (χ0) is 20.5. The maximum Gasteiger partial charge on any atom is 0.243 e. The molecule has 2 aliphatic heterocycles. The Labute approximate surface area is 177 Å². The maximum absolute atomic E-state index is 12.7. The third kappa shape index (κ3) is 3.97. The van der Waals surface area contributed by atoms with E-state index in [4.69, 9.17) is 0 Å². The summed E-state index contributed by atoms with van der Waals surface area (Å²) in [6.07, 6.45) is 2.72. The number of phenols is 1. The van der Waals surface area contributed by atoms with Crippen LogP contribution in [0.15, 0.2) is 64.1 Å². The van der Waals surface area contributed by atoms with Crippen molar-refractivity contribution >= 4 is 45.2 Å². The summed E-state index contributed by atoms with van der Waals surface area (Å²) in [5, 5.41) is 10.8. The first-order valence-corrected chi connectivity index (χ1v) is 10.9. The van der Waals surface area contributed by atoms with Gasteiger partial charge in [-0.25, -0.2) is 4.99 Å².